The van der Waals surface area contributed by atoms with E-state index in [2.05, 4.69) is 15.4 Å². The number of carbonyl (C=O) groups is 1. The topological polar surface area (TPSA) is 93.0 Å². The highest BCUT2D eigenvalue weighted by Gasteiger charge is 2.05. The highest BCUT2D eigenvalue weighted by Crippen LogP contribution is 2.18. The van der Waals surface area contributed by atoms with Gasteiger partial charge in [-0.3, -0.25) is 0 Å². The maximum Gasteiger partial charge on any atom is 0.204 e. The van der Waals surface area contributed by atoms with E-state index in [-0.39, 0.29) is 13.0 Å². The Labute approximate surface area is 103 Å². The number of aromatic nitrogens is 4. The molecule has 0 saturated carbocycles. The first kappa shape index (κ1) is 12.0. The molecule has 0 unspecified atom stereocenters. The summed E-state index contributed by atoms with van der Waals surface area (Å²) in [5.74, 6) is 0.0393. The normalized spacial score (nSPS) is 10.3. The van der Waals surface area contributed by atoms with Crippen molar-refractivity contribution >= 4 is 5.97 Å². The van der Waals surface area contributed by atoms with Crippen molar-refractivity contribution in [2.45, 2.75) is 13.0 Å². The first-order valence-electron chi connectivity index (χ1n) is 5.31. The van der Waals surface area contributed by atoms with E-state index in [0.717, 1.165) is 11.3 Å². The quantitative estimate of drug-likeness (QED) is 0.706. The number of carboxylic acid groups (broad SMARTS) is 1. The number of aliphatic carboxylic acids is 1. The number of nitrogens with zero attached hydrogens (tertiary/aromatic N) is 4. The van der Waals surface area contributed by atoms with Crippen LogP contribution in [0.1, 0.15) is 6.42 Å². The highest BCUT2D eigenvalue weighted by atomic mass is 16.5. The van der Waals surface area contributed by atoms with Crippen LogP contribution in [0.15, 0.2) is 24.3 Å². The summed E-state index contributed by atoms with van der Waals surface area (Å²) < 4.78 is 5.04. The van der Waals surface area contributed by atoms with Gasteiger partial charge in [0.1, 0.15) is 5.75 Å². The molecule has 0 radical (unpaired) electrons. The largest absolute Gasteiger partial charge is 0.550 e. The number of benzene rings is 1. The van der Waals surface area contributed by atoms with Gasteiger partial charge < -0.3 is 14.6 Å². The van der Waals surface area contributed by atoms with Gasteiger partial charge in [-0.25, -0.2) is 0 Å². The molecule has 0 N–H and O–H groups in total. The van der Waals surface area contributed by atoms with Crippen molar-refractivity contribution in [1.29, 1.82) is 0 Å². The van der Waals surface area contributed by atoms with Crippen LogP contribution in [0, 0.1) is 0 Å². The third-order valence-electron chi connectivity index (χ3n) is 2.32. The predicted octanol–water partition coefficient (Wildman–Crippen LogP) is -0.511. The summed E-state index contributed by atoms with van der Waals surface area (Å²) in [6, 6.07) is 7.19. The molecule has 1 aromatic carbocycles. The van der Waals surface area contributed by atoms with Crippen molar-refractivity contribution in [3.8, 4) is 17.1 Å². The second-order valence-electron chi connectivity index (χ2n) is 3.56. The van der Waals surface area contributed by atoms with Crippen LogP contribution >= 0.6 is 0 Å². The third-order valence-corrected chi connectivity index (χ3v) is 2.32. The number of aryl methyl sites for hydroxylation is 1. The molecule has 2 rings (SSSR count). The van der Waals surface area contributed by atoms with Crippen LogP contribution in [-0.4, -0.2) is 33.3 Å². The van der Waals surface area contributed by atoms with Crippen molar-refractivity contribution in [1.82, 2.24) is 20.2 Å². The fourth-order valence-electron chi connectivity index (χ4n) is 1.38. The SMILES string of the molecule is COc1ccc(-c2nnn(CCC(=O)[O-])n2)cc1. The number of methoxy groups -OCH3 is 1. The van der Waals surface area contributed by atoms with E-state index in [0.29, 0.717) is 5.82 Å². The van der Waals surface area contributed by atoms with Gasteiger partial charge in [-0.05, 0) is 29.5 Å². The molecule has 7 heteroatoms. The van der Waals surface area contributed by atoms with E-state index >= 15 is 0 Å². The molecule has 0 aliphatic carbocycles. The number of hydrogen-bond donors (Lipinski definition) is 0. The van der Waals surface area contributed by atoms with Crippen LogP contribution in [0.2, 0.25) is 0 Å². The minimum Gasteiger partial charge on any atom is -0.550 e. The molecule has 2 aromatic rings. The molecule has 0 fully saturated rings. The lowest BCUT2D eigenvalue weighted by Crippen LogP contribution is -2.24. The predicted molar refractivity (Wildman–Crippen MR) is 59.4 cm³/mol. The van der Waals surface area contributed by atoms with E-state index in [9.17, 15) is 9.90 Å². The first-order chi connectivity index (χ1) is 8.69. The molecule has 0 amide bonds. The first-order valence-corrected chi connectivity index (χ1v) is 5.31. The molecule has 0 atom stereocenters. The van der Waals surface area contributed by atoms with Gasteiger partial charge in [0.05, 0.1) is 13.7 Å². The smallest absolute Gasteiger partial charge is 0.204 e. The zero-order chi connectivity index (χ0) is 13.0. The van der Waals surface area contributed by atoms with E-state index in [1.165, 1.54) is 4.80 Å². The Bertz CT molecular complexity index is 535. The summed E-state index contributed by atoms with van der Waals surface area (Å²) in [6.45, 7) is 0.144. The van der Waals surface area contributed by atoms with Crippen LogP contribution in [-0.2, 0) is 11.3 Å². The molecular weight excluding hydrogens is 236 g/mol. The van der Waals surface area contributed by atoms with Gasteiger partial charge in [0.25, 0.3) is 0 Å². The monoisotopic (exact) mass is 247 g/mol. The average molecular weight is 247 g/mol. The number of ether oxygens (including phenoxy) is 1. The Hall–Kier alpha value is -2.44. The average Bonchev–Trinajstić information content (AvgIpc) is 2.85. The summed E-state index contributed by atoms with van der Waals surface area (Å²) in [7, 11) is 1.59. The molecular formula is C11H11N4O3-. The highest BCUT2D eigenvalue weighted by molar-refractivity contribution is 5.64. The minimum atomic E-state index is -1.14. The number of tetrazole rings is 1. The van der Waals surface area contributed by atoms with Crippen molar-refractivity contribution in [2.75, 3.05) is 7.11 Å². The van der Waals surface area contributed by atoms with Gasteiger partial charge in [0, 0.05) is 18.0 Å². The van der Waals surface area contributed by atoms with Gasteiger partial charge in [0.15, 0.2) is 0 Å². The van der Waals surface area contributed by atoms with Gasteiger partial charge in [-0.1, -0.05) is 0 Å². The lowest BCUT2D eigenvalue weighted by Gasteiger charge is -2.00. The lowest BCUT2D eigenvalue weighted by atomic mass is 10.2. The summed E-state index contributed by atoms with van der Waals surface area (Å²) in [4.78, 5) is 11.5. The fraction of sp³-hybridized carbons (Fsp3) is 0.273. The number of rotatable bonds is 5. The standard InChI is InChI=1S/C11H12N4O3/c1-18-9-4-2-8(3-5-9)11-12-14-15(13-11)7-6-10(16)17/h2-5H,6-7H2,1H3,(H,16,17)/p-1. The molecule has 1 aromatic heterocycles. The van der Waals surface area contributed by atoms with Gasteiger partial charge in [0.2, 0.25) is 5.82 Å². The zero-order valence-corrected chi connectivity index (χ0v) is 9.74. The van der Waals surface area contributed by atoms with Crippen LogP contribution < -0.4 is 9.84 Å². The minimum absolute atomic E-state index is 0.140. The third kappa shape index (κ3) is 2.82. The van der Waals surface area contributed by atoms with Gasteiger partial charge >= 0.3 is 0 Å². The second kappa shape index (κ2) is 5.26. The van der Waals surface area contributed by atoms with Crippen LogP contribution in [0.4, 0.5) is 0 Å². The van der Waals surface area contributed by atoms with Gasteiger partial charge in [-0.2, -0.15) is 4.80 Å². The van der Waals surface area contributed by atoms with Gasteiger partial charge in [-0.15, -0.1) is 10.2 Å². The molecule has 18 heavy (non-hydrogen) atoms. The molecule has 0 aliphatic rings. The number of hydrogen-bond acceptors (Lipinski definition) is 6. The number of carboxylic acids is 1. The van der Waals surface area contributed by atoms with Crippen LogP contribution in [0.25, 0.3) is 11.4 Å². The summed E-state index contributed by atoms with van der Waals surface area (Å²) >= 11 is 0. The molecule has 94 valence electrons. The maximum absolute atomic E-state index is 10.3. The van der Waals surface area contributed by atoms with Crippen molar-refractivity contribution < 1.29 is 14.6 Å². The van der Waals surface area contributed by atoms with E-state index in [4.69, 9.17) is 4.74 Å². The molecule has 7 nitrogen and oxygen atoms in total. The van der Waals surface area contributed by atoms with Crippen LogP contribution in [0.3, 0.4) is 0 Å². The molecule has 0 bridgehead atoms. The zero-order valence-electron chi connectivity index (χ0n) is 9.74. The Balaban J connectivity index is 2.10. The summed E-state index contributed by atoms with van der Waals surface area (Å²) in [6.07, 6.45) is -0.140. The number of carbonyl (C=O) groups excluding carboxylic acids is 1. The van der Waals surface area contributed by atoms with E-state index in [1.807, 2.05) is 0 Å². The molecule has 1 heterocycles. The van der Waals surface area contributed by atoms with E-state index < -0.39 is 5.97 Å². The van der Waals surface area contributed by atoms with Crippen molar-refractivity contribution in [2.24, 2.45) is 0 Å². The Kier molecular flexibility index (Phi) is 3.52. The van der Waals surface area contributed by atoms with E-state index in [1.54, 1.807) is 31.4 Å². The lowest BCUT2D eigenvalue weighted by molar-refractivity contribution is -0.306. The summed E-state index contributed by atoms with van der Waals surface area (Å²) in [5, 5.41) is 22.0. The molecule has 0 aliphatic heterocycles. The Morgan fingerprint density at radius 3 is 2.72 bits per heavy atom. The van der Waals surface area contributed by atoms with Crippen molar-refractivity contribution in [3.63, 3.8) is 0 Å². The molecule has 0 saturated heterocycles. The van der Waals surface area contributed by atoms with Crippen LogP contribution in [0.5, 0.6) is 5.75 Å². The Morgan fingerprint density at radius 2 is 2.11 bits per heavy atom. The summed E-state index contributed by atoms with van der Waals surface area (Å²) in [5.41, 5.74) is 0.788. The maximum atomic E-state index is 10.3. The Morgan fingerprint density at radius 1 is 1.39 bits per heavy atom. The molecule has 0 spiro atoms. The fourth-order valence-corrected chi connectivity index (χ4v) is 1.38. The second-order valence-corrected chi connectivity index (χ2v) is 3.56. The van der Waals surface area contributed by atoms with Crippen molar-refractivity contribution in [3.05, 3.63) is 24.3 Å².